The Kier molecular flexibility index (Phi) is 6.06. The third-order valence-electron chi connectivity index (χ3n) is 5.55. The van der Waals surface area contributed by atoms with Crippen LogP contribution in [0.15, 0.2) is 0 Å². The highest BCUT2D eigenvalue weighted by atomic mass is 16.2. The first kappa shape index (κ1) is 16.8. The molecular formula is C17H33N3O. The second-order valence-corrected chi connectivity index (χ2v) is 7.19. The van der Waals surface area contributed by atoms with Gasteiger partial charge in [-0.3, -0.25) is 9.69 Å². The van der Waals surface area contributed by atoms with Gasteiger partial charge in [0.05, 0.1) is 6.54 Å². The van der Waals surface area contributed by atoms with Crippen molar-refractivity contribution in [3.05, 3.63) is 0 Å². The van der Waals surface area contributed by atoms with E-state index >= 15 is 0 Å². The van der Waals surface area contributed by atoms with E-state index in [1.54, 1.807) is 0 Å². The summed E-state index contributed by atoms with van der Waals surface area (Å²) in [6, 6.07) is 0.412. The van der Waals surface area contributed by atoms with Crippen molar-refractivity contribution >= 4 is 5.91 Å². The van der Waals surface area contributed by atoms with Gasteiger partial charge < -0.3 is 11.1 Å². The zero-order chi connectivity index (χ0) is 15.3. The molecule has 0 saturated heterocycles. The van der Waals surface area contributed by atoms with Crippen LogP contribution >= 0.6 is 0 Å². The molecule has 0 aromatic rings. The first-order chi connectivity index (χ1) is 10.1. The minimum atomic E-state index is 0.0411. The molecule has 2 fully saturated rings. The molecule has 21 heavy (non-hydrogen) atoms. The fraction of sp³-hybridized carbons (Fsp3) is 0.941. The van der Waals surface area contributed by atoms with Gasteiger partial charge in [-0.1, -0.05) is 39.5 Å². The van der Waals surface area contributed by atoms with Crippen LogP contribution in [0.2, 0.25) is 0 Å². The molecule has 2 unspecified atom stereocenters. The molecule has 0 heterocycles. The van der Waals surface area contributed by atoms with Gasteiger partial charge in [0.2, 0.25) is 5.91 Å². The van der Waals surface area contributed by atoms with E-state index in [-0.39, 0.29) is 11.4 Å². The largest absolute Gasteiger partial charge is 0.352 e. The summed E-state index contributed by atoms with van der Waals surface area (Å²) in [4.78, 5) is 14.7. The Labute approximate surface area is 129 Å². The van der Waals surface area contributed by atoms with Crippen LogP contribution in [0.5, 0.6) is 0 Å². The standard InChI is InChI=1S/C17H33N3O/c1-3-20(12-16(21)19-15-8-4-5-9-15)17(13-18)10-6-7-14(2)11-17/h14-15H,3-13,18H2,1-2H3,(H,19,21). The molecule has 1 amide bonds. The molecule has 122 valence electrons. The van der Waals surface area contributed by atoms with Gasteiger partial charge in [-0.15, -0.1) is 0 Å². The fourth-order valence-electron chi connectivity index (χ4n) is 4.37. The van der Waals surface area contributed by atoms with Crippen molar-refractivity contribution in [2.24, 2.45) is 11.7 Å². The van der Waals surface area contributed by atoms with Gasteiger partial charge >= 0.3 is 0 Å². The second kappa shape index (κ2) is 7.59. The van der Waals surface area contributed by atoms with E-state index in [1.807, 2.05) is 0 Å². The average Bonchev–Trinajstić information content (AvgIpc) is 2.97. The molecule has 3 N–H and O–H groups in total. The molecule has 0 radical (unpaired) electrons. The van der Waals surface area contributed by atoms with Crippen LogP contribution in [0.4, 0.5) is 0 Å². The van der Waals surface area contributed by atoms with Crippen molar-refractivity contribution in [3.8, 4) is 0 Å². The van der Waals surface area contributed by atoms with Gasteiger partial charge in [-0.05, 0) is 38.1 Å². The topological polar surface area (TPSA) is 58.4 Å². The van der Waals surface area contributed by atoms with E-state index in [0.29, 0.717) is 25.0 Å². The monoisotopic (exact) mass is 295 g/mol. The first-order valence-corrected chi connectivity index (χ1v) is 8.84. The van der Waals surface area contributed by atoms with Gasteiger partial charge in [0.1, 0.15) is 0 Å². The Balaban J connectivity index is 1.94. The SMILES string of the molecule is CCN(CC(=O)NC1CCCC1)C1(CN)CCCC(C)C1. The number of nitrogens with two attached hydrogens (primary N) is 1. The predicted octanol–water partition coefficient (Wildman–Crippen LogP) is 2.27. The summed E-state index contributed by atoms with van der Waals surface area (Å²) in [7, 11) is 0. The molecule has 0 aliphatic heterocycles. The molecule has 2 aliphatic rings. The summed E-state index contributed by atoms with van der Waals surface area (Å²) >= 11 is 0. The molecule has 2 atom stereocenters. The van der Waals surface area contributed by atoms with Gasteiger partial charge in [0.15, 0.2) is 0 Å². The van der Waals surface area contributed by atoms with E-state index in [4.69, 9.17) is 5.73 Å². The number of likely N-dealkylation sites (N-methyl/N-ethyl adjacent to an activating group) is 1. The van der Waals surface area contributed by atoms with Crippen LogP contribution in [0, 0.1) is 5.92 Å². The molecular weight excluding hydrogens is 262 g/mol. The molecule has 2 saturated carbocycles. The Morgan fingerprint density at radius 2 is 2.00 bits per heavy atom. The Bertz CT molecular complexity index is 341. The van der Waals surface area contributed by atoms with Gasteiger partial charge in [-0.25, -0.2) is 0 Å². The molecule has 0 bridgehead atoms. The summed E-state index contributed by atoms with van der Waals surface area (Å²) in [6.45, 7) is 6.55. The van der Waals surface area contributed by atoms with E-state index in [1.165, 1.54) is 25.7 Å². The van der Waals surface area contributed by atoms with Crippen molar-refractivity contribution in [2.45, 2.75) is 76.8 Å². The van der Waals surface area contributed by atoms with Crippen LogP contribution in [-0.4, -0.2) is 42.0 Å². The molecule has 0 aromatic carbocycles. The van der Waals surface area contributed by atoms with E-state index in [2.05, 4.69) is 24.1 Å². The van der Waals surface area contributed by atoms with Crippen LogP contribution < -0.4 is 11.1 Å². The lowest BCUT2D eigenvalue weighted by Gasteiger charge is -2.47. The van der Waals surface area contributed by atoms with Crippen molar-refractivity contribution in [1.29, 1.82) is 0 Å². The van der Waals surface area contributed by atoms with E-state index in [9.17, 15) is 4.79 Å². The average molecular weight is 295 g/mol. The van der Waals surface area contributed by atoms with Gasteiger partial charge in [-0.2, -0.15) is 0 Å². The maximum absolute atomic E-state index is 12.4. The van der Waals surface area contributed by atoms with Crippen LogP contribution in [0.25, 0.3) is 0 Å². The van der Waals surface area contributed by atoms with E-state index in [0.717, 1.165) is 32.2 Å². The minimum absolute atomic E-state index is 0.0411. The first-order valence-electron chi connectivity index (χ1n) is 8.84. The normalized spacial score (nSPS) is 30.8. The highest BCUT2D eigenvalue weighted by Gasteiger charge is 2.39. The van der Waals surface area contributed by atoms with Crippen LogP contribution in [-0.2, 0) is 4.79 Å². The highest BCUT2D eigenvalue weighted by Crippen LogP contribution is 2.36. The minimum Gasteiger partial charge on any atom is -0.352 e. The lowest BCUT2D eigenvalue weighted by atomic mass is 9.75. The number of hydrogen-bond donors (Lipinski definition) is 2. The lowest BCUT2D eigenvalue weighted by molar-refractivity contribution is -0.125. The predicted molar refractivity (Wildman–Crippen MR) is 87.1 cm³/mol. The molecule has 4 heteroatoms. The van der Waals surface area contributed by atoms with Crippen molar-refractivity contribution in [3.63, 3.8) is 0 Å². The van der Waals surface area contributed by atoms with Gasteiger partial charge in [0, 0.05) is 18.1 Å². The summed E-state index contributed by atoms with van der Waals surface area (Å²) in [5, 5.41) is 3.21. The number of nitrogens with zero attached hydrogens (tertiary/aromatic N) is 1. The number of hydrogen-bond acceptors (Lipinski definition) is 3. The highest BCUT2D eigenvalue weighted by molar-refractivity contribution is 5.78. The number of nitrogens with one attached hydrogen (secondary N) is 1. The Hall–Kier alpha value is -0.610. The number of carbonyl (C=O) groups is 1. The summed E-state index contributed by atoms with van der Waals surface area (Å²) in [5.41, 5.74) is 6.18. The number of carbonyl (C=O) groups excluding carboxylic acids is 1. The Morgan fingerprint density at radius 1 is 1.29 bits per heavy atom. The van der Waals surface area contributed by atoms with Crippen LogP contribution in [0.1, 0.15) is 65.2 Å². The zero-order valence-corrected chi connectivity index (χ0v) is 13.9. The quantitative estimate of drug-likeness (QED) is 0.790. The molecule has 4 nitrogen and oxygen atoms in total. The fourth-order valence-corrected chi connectivity index (χ4v) is 4.37. The molecule has 0 aromatic heterocycles. The Morgan fingerprint density at radius 3 is 2.57 bits per heavy atom. The number of amides is 1. The van der Waals surface area contributed by atoms with Gasteiger partial charge in [0.25, 0.3) is 0 Å². The lowest BCUT2D eigenvalue weighted by Crippen LogP contribution is -2.58. The summed E-state index contributed by atoms with van der Waals surface area (Å²) in [5.74, 6) is 0.907. The maximum atomic E-state index is 12.4. The van der Waals surface area contributed by atoms with Crippen molar-refractivity contribution < 1.29 is 4.79 Å². The second-order valence-electron chi connectivity index (χ2n) is 7.19. The summed E-state index contributed by atoms with van der Waals surface area (Å²) < 4.78 is 0. The van der Waals surface area contributed by atoms with Crippen LogP contribution in [0.3, 0.4) is 0 Å². The zero-order valence-electron chi connectivity index (χ0n) is 13.9. The maximum Gasteiger partial charge on any atom is 0.234 e. The van der Waals surface area contributed by atoms with Crippen molar-refractivity contribution in [2.75, 3.05) is 19.6 Å². The summed E-state index contributed by atoms with van der Waals surface area (Å²) in [6.07, 6.45) is 9.62. The smallest absolute Gasteiger partial charge is 0.234 e. The third kappa shape index (κ3) is 4.19. The number of rotatable bonds is 6. The third-order valence-corrected chi connectivity index (χ3v) is 5.55. The van der Waals surface area contributed by atoms with E-state index < -0.39 is 0 Å². The van der Waals surface area contributed by atoms with Crippen molar-refractivity contribution in [1.82, 2.24) is 10.2 Å². The molecule has 2 aliphatic carbocycles. The molecule has 2 rings (SSSR count). The molecule has 0 spiro atoms.